The smallest absolute Gasteiger partial charge is 0.265 e. The van der Waals surface area contributed by atoms with Crippen LogP contribution in [0.5, 0.6) is 0 Å². The number of aromatic nitrogens is 3. The number of rotatable bonds is 5. The van der Waals surface area contributed by atoms with Crippen LogP contribution in [0.25, 0.3) is 0 Å². The molecule has 4 nitrogen and oxygen atoms in total. The molecule has 0 aliphatic rings. The summed E-state index contributed by atoms with van der Waals surface area (Å²) >= 11 is 6.67. The minimum Gasteiger partial charge on any atom is -0.307 e. The Labute approximate surface area is 135 Å². The zero-order valence-corrected chi connectivity index (χ0v) is 14.7. The van der Waals surface area contributed by atoms with E-state index in [4.69, 9.17) is 0 Å². The number of nitrogens with zero attached hydrogens (tertiary/aromatic N) is 3. The number of halogens is 2. The summed E-state index contributed by atoms with van der Waals surface area (Å²) in [6.45, 7) is 4.79. The van der Waals surface area contributed by atoms with Crippen molar-refractivity contribution in [2.24, 2.45) is 0 Å². The first-order valence-electron chi connectivity index (χ1n) is 6.64. The number of pyridine rings is 1. The van der Waals surface area contributed by atoms with Crippen LogP contribution in [0, 0.1) is 0 Å². The van der Waals surface area contributed by atoms with Crippen LogP contribution in [0.3, 0.4) is 0 Å². The van der Waals surface area contributed by atoms with Crippen LogP contribution >= 0.6 is 31.9 Å². The largest absolute Gasteiger partial charge is 0.307 e. The minimum absolute atomic E-state index is 0.0507. The first-order chi connectivity index (χ1) is 9.55. The maximum atomic E-state index is 12.0. The molecule has 0 saturated carbocycles. The lowest BCUT2D eigenvalue weighted by molar-refractivity contribution is 0.424. The molecule has 0 fully saturated rings. The Morgan fingerprint density at radius 2 is 2.00 bits per heavy atom. The van der Waals surface area contributed by atoms with Crippen molar-refractivity contribution in [3.8, 4) is 0 Å². The van der Waals surface area contributed by atoms with Crippen LogP contribution in [-0.4, -0.2) is 14.3 Å². The predicted molar refractivity (Wildman–Crippen MR) is 87.1 cm³/mol. The van der Waals surface area contributed by atoms with E-state index in [0.717, 1.165) is 23.0 Å². The molecule has 6 heteroatoms. The molecule has 2 aromatic heterocycles. The van der Waals surface area contributed by atoms with Gasteiger partial charge in [0.1, 0.15) is 0 Å². The summed E-state index contributed by atoms with van der Waals surface area (Å²) < 4.78 is 5.05. The van der Waals surface area contributed by atoms with Crippen LogP contribution in [-0.2, 0) is 6.54 Å². The van der Waals surface area contributed by atoms with Gasteiger partial charge < -0.3 is 4.57 Å². The van der Waals surface area contributed by atoms with E-state index in [9.17, 15) is 4.79 Å². The first-order valence-corrected chi connectivity index (χ1v) is 8.23. The fourth-order valence-electron chi connectivity index (χ4n) is 2.18. The summed E-state index contributed by atoms with van der Waals surface area (Å²) in [5.74, 6) is 0. The van der Waals surface area contributed by atoms with Gasteiger partial charge >= 0.3 is 0 Å². The van der Waals surface area contributed by atoms with Gasteiger partial charge in [0.2, 0.25) is 0 Å². The number of hydrogen-bond donors (Lipinski definition) is 0. The van der Waals surface area contributed by atoms with Gasteiger partial charge in [-0.3, -0.25) is 9.48 Å². The quantitative estimate of drug-likeness (QED) is 0.758. The summed E-state index contributed by atoms with van der Waals surface area (Å²) in [4.78, 5) is 12.0. The molecule has 0 radical (unpaired) electrons. The first kappa shape index (κ1) is 15.5. The van der Waals surface area contributed by atoms with Crippen molar-refractivity contribution in [1.29, 1.82) is 0 Å². The molecule has 0 aliphatic carbocycles. The van der Waals surface area contributed by atoms with Crippen LogP contribution in [0.4, 0.5) is 0 Å². The molecule has 2 rings (SSSR count). The second-order valence-electron chi connectivity index (χ2n) is 4.70. The summed E-state index contributed by atoms with van der Waals surface area (Å²) in [7, 11) is 0. The molecule has 0 aromatic carbocycles. The third kappa shape index (κ3) is 3.41. The molecule has 0 bridgehead atoms. The highest BCUT2D eigenvalue weighted by atomic mass is 79.9. The van der Waals surface area contributed by atoms with E-state index >= 15 is 0 Å². The third-order valence-corrected chi connectivity index (χ3v) is 4.32. The Morgan fingerprint density at radius 3 is 2.65 bits per heavy atom. The van der Waals surface area contributed by atoms with Crippen molar-refractivity contribution < 1.29 is 0 Å². The molecule has 0 N–H and O–H groups in total. The average molecular weight is 403 g/mol. The molecule has 20 heavy (non-hydrogen) atoms. The zero-order valence-electron chi connectivity index (χ0n) is 11.5. The Bertz CT molecular complexity index is 644. The van der Waals surface area contributed by atoms with Gasteiger partial charge in [0, 0.05) is 16.9 Å². The number of hydrogen-bond acceptors (Lipinski definition) is 2. The molecule has 0 saturated heterocycles. The van der Waals surface area contributed by atoms with Crippen molar-refractivity contribution >= 4 is 31.9 Å². The van der Waals surface area contributed by atoms with Crippen LogP contribution in [0.15, 0.2) is 38.3 Å². The topological polar surface area (TPSA) is 39.8 Å². The predicted octanol–water partition coefficient (Wildman–Crippen LogP) is 3.98. The van der Waals surface area contributed by atoms with Gasteiger partial charge in [0.25, 0.3) is 5.56 Å². The van der Waals surface area contributed by atoms with Crippen LogP contribution in [0.2, 0.25) is 0 Å². The van der Waals surface area contributed by atoms with Crippen molar-refractivity contribution in [3.63, 3.8) is 0 Å². The minimum atomic E-state index is -0.0507. The lowest BCUT2D eigenvalue weighted by Gasteiger charge is -2.12. The maximum Gasteiger partial charge on any atom is 0.265 e. The van der Waals surface area contributed by atoms with E-state index in [1.54, 1.807) is 16.8 Å². The van der Waals surface area contributed by atoms with E-state index in [0.29, 0.717) is 17.1 Å². The Kier molecular flexibility index (Phi) is 5.21. The summed E-state index contributed by atoms with van der Waals surface area (Å²) in [6, 6.07) is 4.15. The van der Waals surface area contributed by atoms with E-state index in [1.165, 1.54) is 0 Å². The second kappa shape index (κ2) is 6.72. The monoisotopic (exact) mass is 401 g/mol. The van der Waals surface area contributed by atoms with Crippen LogP contribution < -0.4 is 5.56 Å². The van der Waals surface area contributed by atoms with Gasteiger partial charge in [-0.05, 0) is 56.8 Å². The Hall–Kier alpha value is -0.880. The zero-order chi connectivity index (χ0) is 14.7. The third-order valence-electron chi connectivity index (χ3n) is 3.32. The van der Waals surface area contributed by atoms with Crippen LogP contribution in [0.1, 0.15) is 38.4 Å². The molecular weight excluding hydrogens is 386 g/mol. The summed E-state index contributed by atoms with van der Waals surface area (Å²) in [5.41, 5.74) is 0.842. The molecular formula is C14H17Br2N3O. The Balaban J connectivity index is 2.25. The fourth-order valence-corrected chi connectivity index (χ4v) is 3.44. The molecule has 0 aliphatic heterocycles. The highest BCUT2D eigenvalue weighted by molar-refractivity contribution is 9.11. The van der Waals surface area contributed by atoms with E-state index < -0.39 is 0 Å². The molecule has 0 atom stereocenters. The normalized spacial score (nSPS) is 11.2. The molecule has 108 valence electrons. The van der Waals surface area contributed by atoms with Gasteiger partial charge in [-0.1, -0.05) is 13.8 Å². The highest BCUT2D eigenvalue weighted by Gasteiger charge is 2.09. The standard InChI is InChI=1S/C14H17Br2N3O/c1-3-12(4-2)19-6-5-11(17-19)9-18-8-10(15)7-13(16)14(18)20/h5-8,12H,3-4,9H2,1-2H3. The van der Waals surface area contributed by atoms with Gasteiger partial charge in [0.15, 0.2) is 0 Å². The van der Waals surface area contributed by atoms with Crippen molar-refractivity contribution in [2.45, 2.75) is 39.3 Å². The SMILES string of the molecule is CCC(CC)n1ccc(Cn2cc(Br)cc(Br)c2=O)n1. The summed E-state index contributed by atoms with van der Waals surface area (Å²) in [6.07, 6.45) is 5.88. The highest BCUT2D eigenvalue weighted by Crippen LogP contribution is 2.16. The van der Waals surface area contributed by atoms with Crippen molar-refractivity contribution in [2.75, 3.05) is 0 Å². The lowest BCUT2D eigenvalue weighted by atomic mass is 10.2. The summed E-state index contributed by atoms with van der Waals surface area (Å²) in [5, 5.41) is 4.57. The van der Waals surface area contributed by atoms with Gasteiger partial charge in [-0.25, -0.2) is 0 Å². The molecule has 2 aromatic rings. The van der Waals surface area contributed by atoms with E-state index in [1.807, 2.05) is 16.9 Å². The van der Waals surface area contributed by atoms with Crippen molar-refractivity contribution in [3.05, 3.63) is 49.5 Å². The van der Waals surface area contributed by atoms with Crippen molar-refractivity contribution in [1.82, 2.24) is 14.3 Å². The molecule has 0 spiro atoms. The lowest BCUT2D eigenvalue weighted by Crippen LogP contribution is -2.21. The van der Waals surface area contributed by atoms with E-state index in [-0.39, 0.29) is 5.56 Å². The van der Waals surface area contributed by atoms with E-state index in [2.05, 4.69) is 50.8 Å². The molecule has 2 heterocycles. The second-order valence-corrected chi connectivity index (χ2v) is 6.47. The fraction of sp³-hybridized carbons (Fsp3) is 0.429. The van der Waals surface area contributed by atoms with Gasteiger partial charge in [0.05, 0.1) is 22.8 Å². The Morgan fingerprint density at radius 1 is 1.30 bits per heavy atom. The molecule has 0 amide bonds. The van der Waals surface area contributed by atoms with Gasteiger partial charge in [-0.15, -0.1) is 0 Å². The van der Waals surface area contributed by atoms with Gasteiger partial charge in [-0.2, -0.15) is 5.10 Å². The maximum absolute atomic E-state index is 12.0. The molecule has 0 unspecified atom stereocenters. The average Bonchev–Trinajstić information content (AvgIpc) is 2.85.